The maximum Gasteiger partial charge on any atom is 0.170 e. The normalized spacial score (nSPS) is 16.4. The summed E-state index contributed by atoms with van der Waals surface area (Å²) in [6.45, 7) is 0. The second kappa shape index (κ2) is 5.04. The van der Waals surface area contributed by atoms with Crippen LogP contribution in [0, 0.1) is 0 Å². The molecule has 4 heteroatoms. The molecule has 3 N–H and O–H groups in total. The maximum absolute atomic E-state index is 10.3. The predicted molar refractivity (Wildman–Crippen MR) is 78.8 cm³/mol. The molecule has 0 aromatic heterocycles. The Morgan fingerprint density at radius 2 is 1.50 bits per heavy atom. The largest absolute Gasteiger partial charge is 0.506 e. The Kier molecular flexibility index (Phi) is 3.22. The lowest BCUT2D eigenvalue weighted by molar-refractivity contribution is 0.401. The molecule has 0 bridgehead atoms. The predicted octanol–water partition coefficient (Wildman–Crippen LogP) is 3.32. The van der Waals surface area contributed by atoms with Gasteiger partial charge in [0.15, 0.2) is 11.5 Å². The van der Waals surface area contributed by atoms with Crippen LogP contribution >= 0.6 is 0 Å². The first-order valence-corrected chi connectivity index (χ1v) is 6.87. The van der Waals surface area contributed by atoms with Crippen LogP contribution in [0.5, 0.6) is 17.2 Å². The highest BCUT2D eigenvalue weighted by Gasteiger charge is 2.18. The first-order valence-electron chi connectivity index (χ1n) is 6.87. The van der Waals surface area contributed by atoms with Gasteiger partial charge in [0.2, 0.25) is 0 Å². The molecule has 0 heterocycles. The van der Waals surface area contributed by atoms with E-state index in [1.54, 1.807) is 24.3 Å². The Balaban J connectivity index is 2.10. The smallest absolute Gasteiger partial charge is 0.170 e. The highest BCUT2D eigenvalue weighted by atomic mass is 16.3. The molecule has 0 spiro atoms. The zero-order valence-electron chi connectivity index (χ0n) is 11.1. The van der Waals surface area contributed by atoms with E-state index in [1.165, 1.54) is 19.1 Å². The summed E-state index contributed by atoms with van der Waals surface area (Å²) < 4.78 is 0. The van der Waals surface area contributed by atoms with Crippen LogP contribution in [0.1, 0.15) is 31.2 Å². The lowest BCUT2D eigenvalue weighted by Crippen LogP contribution is -1.97. The number of fused-ring (bicyclic) bond motifs is 1. The van der Waals surface area contributed by atoms with Crippen molar-refractivity contribution in [2.75, 3.05) is 0 Å². The van der Waals surface area contributed by atoms with Crippen LogP contribution in [0.15, 0.2) is 29.3 Å². The number of phenols is 3. The van der Waals surface area contributed by atoms with Crippen molar-refractivity contribution >= 4 is 17.0 Å². The molecule has 1 aliphatic carbocycles. The van der Waals surface area contributed by atoms with E-state index in [-0.39, 0.29) is 28.9 Å². The molecule has 1 fully saturated rings. The number of benzene rings is 2. The Morgan fingerprint density at radius 3 is 2.15 bits per heavy atom. The Bertz CT molecular complexity index is 673. The third-order valence-electron chi connectivity index (χ3n) is 3.91. The van der Waals surface area contributed by atoms with Crippen LogP contribution < -0.4 is 0 Å². The van der Waals surface area contributed by atoms with Crippen molar-refractivity contribution in [3.8, 4) is 17.2 Å². The van der Waals surface area contributed by atoms with Gasteiger partial charge in [-0.05, 0) is 12.8 Å². The van der Waals surface area contributed by atoms with Crippen molar-refractivity contribution in [1.29, 1.82) is 0 Å². The van der Waals surface area contributed by atoms with Crippen LogP contribution in [0.2, 0.25) is 0 Å². The molecular weight excluding hydrogens is 254 g/mol. The molecule has 1 saturated carbocycles. The minimum atomic E-state index is -0.317. The summed E-state index contributed by atoms with van der Waals surface area (Å²) in [6, 6.07) is 7.13. The number of aliphatic imine (C=N–C) groups is 1. The number of phenolic OH excluding ortho intramolecular Hbond substituents is 3. The molecule has 3 rings (SSSR count). The number of nitrogens with zero attached hydrogens (tertiary/aromatic N) is 1. The summed E-state index contributed by atoms with van der Waals surface area (Å²) in [5.41, 5.74) is 0.188. The van der Waals surface area contributed by atoms with Gasteiger partial charge in [0.25, 0.3) is 0 Å². The van der Waals surface area contributed by atoms with E-state index >= 15 is 0 Å². The van der Waals surface area contributed by atoms with Crippen molar-refractivity contribution in [2.45, 2.75) is 31.7 Å². The zero-order valence-corrected chi connectivity index (χ0v) is 11.1. The van der Waals surface area contributed by atoms with Gasteiger partial charge in [0, 0.05) is 23.0 Å². The molecule has 0 amide bonds. The number of hydrogen-bond acceptors (Lipinski definition) is 4. The maximum atomic E-state index is 10.3. The van der Waals surface area contributed by atoms with Gasteiger partial charge in [-0.15, -0.1) is 0 Å². The lowest BCUT2D eigenvalue weighted by atomic mass is 10.0. The average Bonchev–Trinajstić information content (AvgIpc) is 2.98. The molecule has 0 saturated heterocycles. The van der Waals surface area contributed by atoms with E-state index < -0.39 is 0 Å². The summed E-state index contributed by atoms with van der Waals surface area (Å²) in [5, 5.41) is 31.3. The van der Waals surface area contributed by atoms with Gasteiger partial charge < -0.3 is 15.3 Å². The Labute approximate surface area is 117 Å². The summed E-state index contributed by atoms with van der Waals surface area (Å²) in [7, 11) is 0. The van der Waals surface area contributed by atoms with E-state index in [4.69, 9.17) is 0 Å². The summed E-state index contributed by atoms with van der Waals surface area (Å²) >= 11 is 0. The highest BCUT2D eigenvalue weighted by molar-refractivity contribution is 6.03. The SMILES string of the molecule is Oc1c(C=NC2CCCC2)c(O)c2ccccc2c1O. The molecule has 1 aliphatic rings. The number of rotatable bonds is 2. The molecule has 0 radical (unpaired) electrons. The highest BCUT2D eigenvalue weighted by Crippen LogP contribution is 2.43. The van der Waals surface area contributed by atoms with Crippen molar-refractivity contribution in [1.82, 2.24) is 0 Å². The van der Waals surface area contributed by atoms with Crippen LogP contribution in [0.3, 0.4) is 0 Å². The third kappa shape index (κ3) is 2.07. The van der Waals surface area contributed by atoms with Gasteiger partial charge in [0.1, 0.15) is 5.75 Å². The van der Waals surface area contributed by atoms with Crippen molar-refractivity contribution in [3.63, 3.8) is 0 Å². The van der Waals surface area contributed by atoms with E-state index in [0.717, 1.165) is 12.8 Å². The Morgan fingerprint density at radius 1 is 0.900 bits per heavy atom. The quantitative estimate of drug-likeness (QED) is 0.445. The molecule has 0 unspecified atom stereocenters. The average molecular weight is 271 g/mol. The van der Waals surface area contributed by atoms with Crippen LogP contribution in [0.25, 0.3) is 10.8 Å². The fourth-order valence-corrected chi connectivity index (χ4v) is 2.76. The molecule has 104 valence electrons. The minimum Gasteiger partial charge on any atom is -0.506 e. The first kappa shape index (κ1) is 12.8. The van der Waals surface area contributed by atoms with Gasteiger partial charge in [-0.3, -0.25) is 4.99 Å². The molecule has 4 nitrogen and oxygen atoms in total. The summed E-state index contributed by atoms with van der Waals surface area (Å²) in [5.74, 6) is -0.577. The van der Waals surface area contributed by atoms with Gasteiger partial charge >= 0.3 is 0 Å². The van der Waals surface area contributed by atoms with E-state index in [1.807, 2.05) is 0 Å². The second-order valence-electron chi connectivity index (χ2n) is 5.22. The van der Waals surface area contributed by atoms with Gasteiger partial charge in [-0.25, -0.2) is 0 Å². The third-order valence-corrected chi connectivity index (χ3v) is 3.91. The number of hydrogen-bond donors (Lipinski definition) is 3. The Hall–Kier alpha value is -2.23. The molecule has 2 aromatic rings. The number of aromatic hydroxyl groups is 3. The fourth-order valence-electron chi connectivity index (χ4n) is 2.76. The van der Waals surface area contributed by atoms with E-state index in [2.05, 4.69) is 4.99 Å². The fraction of sp³-hybridized carbons (Fsp3) is 0.312. The topological polar surface area (TPSA) is 73.1 Å². The van der Waals surface area contributed by atoms with Gasteiger partial charge in [0.05, 0.1) is 5.56 Å². The van der Waals surface area contributed by atoms with Gasteiger partial charge in [-0.1, -0.05) is 37.1 Å². The summed E-state index contributed by atoms with van der Waals surface area (Å²) in [6.07, 6.45) is 5.90. The van der Waals surface area contributed by atoms with E-state index in [0.29, 0.717) is 10.8 Å². The van der Waals surface area contributed by atoms with Crippen molar-refractivity contribution in [3.05, 3.63) is 29.8 Å². The molecule has 20 heavy (non-hydrogen) atoms. The van der Waals surface area contributed by atoms with Crippen molar-refractivity contribution in [2.24, 2.45) is 4.99 Å². The van der Waals surface area contributed by atoms with Crippen LogP contribution in [-0.2, 0) is 0 Å². The zero-order chi connectivity index (χ0) is 14.1. The first-order chi connectivity index (χ1) is 9.68. The minimum absolute atomic E-state index is 0.0438. The monoisotopic (exact) mass is 271 g/mol. The van der Waals surface area contributed by atoms with Crippen molar-refractivity contribution < 1.29 is 15.3 Å². The van der Waals surface area contributed by atoms with E-state index in [9.17, 15) is 15.3 Å². The van der Waals surface area contributed by atoms with Crippen LogP contribution in [-0.4, -0.2) is 27.6 Å². The lowest BCUT2D eigenvalue weighted by Gasteiger charge is -2.10. The van der Waals surface area contributed by atoms with Crippen LogP contribution in [0.4, 0.5) is 0 Å². The summed E-state index contributed by atoms with van der Waals surface area (Å²) in [4.78, 5) is 4.41. The molecular formula is C16H17NO3. The molecule has 0 aliphatic heterocycles. The molecule has 0 atom stereocenters. The standard InChI is InChI=1S/C16H17NO3/c18-14-11-7-3-4-8-12(11)15(19)16(20)13(14)9-17-10-5-1-2-6-10/h3-4,7-10,18-20H,1-2,5-6H2. The second-order valence-corrected chi connectivity index (χ2v) is 5.22. The molecule has 2 aromatic carbocycles. The van der Waals surface area contributed by atoms with Gasteiger partial charge in [-0.2, -0.15) is 0 Å².